The topological polar surface area (TPSA) is 120 Å². The molecule has 0 fully saturated rings. The Bertz CT molecular complexity index is 1290. The Labute approximate surface area is 189 Å². The summed E-state index contributed by atoms with van der Waals surface area (Å²) < 4.78 is 0. The summed E-state index contributed by atoms with van der Waals surface area (Å²) in [5.74, 6) is -0.779. The summed E-state index contributed by atoms with van der Waals surface area (Å²) in [6, 6.07) is 17.6. The molecule has 0 N–H and O–H groups in total. The number of fused-ring (bicyclic) bond motifs is 1. The monoisotopic (exact) mass is 492 g/mol. The minimum atomic E-state index is -1.03. The number of hydrogen-bond donors (Lipinski definition) is 0. The standard InChI is InChI=1S/C23H13BrN2O6/c24-21-20(22(27)17-9-1-2-10-18(17)23(21)28)19(13-5-3-7-15(11-13)25(29)30)14-6-4-8-16(12-14)26(31)32/h1-12,21H. The maximum Gasteiger partial charge on any atom is 0.270 e. The second-order valence-electron chi connectivity index (χ2n) is 7.01. The van der Waals surface area contributed by atoms with Gasteiger partial charge in [0.1, 0.15) is 4.83 Å². The van der Waals surface area contributed by atoms with Gasteiger partial charge in [0.05, 0.1) is 9.85 Å². The molecule has 1 unspecified atom stereocenters. The zero-order valence-corrected chi connectivity index (χ0v) is 17.8. The van der Waals surface area contributed by atoms with E-state index in [1.807, 2.05) is 0 Å². The van der Waals surface area contributed by atoms with Crippen LogP contribution in [-0.4, -0.2) is 26.2 Å². The van der Waals surface area contributed by atoms with Crippen LogP contribution >= 0.6 is 15.9 Å². The second-order valence-corrected chi connectivity index (χ2v) is 7.92. The summed E-state index contributed by atoms with van der Waals surface area (Å²) in [6.45, 7) is 0. The Morgan fingerprint density at radius 1 is 0.750 bits per heavy atom. The number of allylic oxidation sites excluding steroid dienone is 1. The highest BCUT2D eigenvalue weighted by Gasteiger charge is 2.38. The molecule has 0 aromatic heterocycles. The van der Waals surface area contributed by atoms with Crippen molar-refractivity contribution in [2.75, 3.05) is 0 Å². The Kier molecular flexibility index (Phi) is 5.50. The smallest absolute Gasteiger partial charge is 0.270 e. The van der Waals surface area contributed by atoms with E-state index in [1.54, 1.807) is 30.3 Å². The normalized spacial score (nSPS) is 15.3. The average Bonchev–Trinajstić information content (AvgIpc) is 2.80. The maximum atomic E-state index is 13.5. The quantitative estimate of drug-likeness (QED) is 0.215. The molecule has 1 atom stereocenters. The molecule has 8 nitrogen and oxygen atoms in total. The first kappa shape index (κ1) is 21.3. The third-order valence-corrected chi connectivity index (χ3v) is 6.00. The van der Waals surface area contributed by atoms with Crippen molar-refractivity contribution >= 4 is 44.4 Å². The molecule has 158 valence electrons. The molecule has 3 aromatic rings. The van der Waals surface area contributed by atoms with E-state index in [9.17, 15) is 29.8 Å². The molecule has 4 rings (SSSR count). The molecule has 3 aromatic carbocycles. The van der Waals surface area contributed by atoms with Gasteiger partial charge in [-0.15, -0.1) is 0 Å². The third-order valence-electron chi connectivity index (χ3n) is 5.13. The molecule has 0 amide bonds. The number of benzene rings is 3. The third kappa shape index (κ3) is 3.63. The first-order valence-corrected chi connectivity index (χ1v) is 10.3. The first-order valence-electron chi connectivity index (χ1n) is 9.35. The summed E-state index contributed by atoms with van der Waals surface area (Å²) in [5.41, 5.74) is 0.901. The van der Waals surface area contributed by atoms with E-state index in [1.165, 1.54) is 42.5 Å². The van der Waals surface area contributed by atoms with E-state index in [0.29, 0.717) is 11.1 Å². The highest BCUT2D eigenvalue weighted by atomic mass is 79.9. The highest BCUT2D eigenvalue weighted by molar-refractivity contribution is 9.10. The van der Waals surface area contributed by atoms with Gasteiger partial charge < -0.3 is 0 Å². The van der Waals surface area contributed by atoms with Crippen LogP contribution in [0.15, 0.2) is 78.4 Å². The van der Waals surface area contributed by atoms with Gasteiger partial charge in [-0.1, -0.05) is 64.5 Å². The Hall–Kier alpha value is -3.98. The molecule has 1 aliphatic rings. The van der Waals surface area contributed by atoms with Crippen LogP contribution in [0.25, 0.3) is 5.57 Å². The molecule has 0 spiro atoms. The molecule has 0 heterocycles. The van der Waals surface area contributed by atoms with Crippen LogP contribution in [0.4, 0.5) is 11.4 Å². The molecule has 1 aliphatic carbocycles. The number of carbonyl (C=O) groups is 2. The largest absolute Gasteiger partial charge is 0.293 e. The number of nitrogens with zero attached hydrogens (tertiary/aromatic N) is 2. The molecule has 0 aliphatic heterocycles. The van der Waals surface area contributed by atoms with Crippen LogP contribution in [0.3, 0.4) is 0 Å². The first-order chi connectivity index (χ1) is 15.3. The van der Waals surface area contributed by atoms with E-state index in [4.69, 9.17) is 0 Å². The van der Waals surface area contributed by atoms with Gasteiger partial charge in [0.2, 0.25) is 0 Å². The van der Waals surface area contributed by atoms with Gasteiger partial charge in [0.25, 0.3) is 11.4 Å². The van der Waals surface area contributed by atoms with Crippen molar-refractivity contribution in [3.63, 3.8) is 0 Å². The average molecular weight is 493 g/mol. The minimum Gasteiger partial charge on any atom is -0.293 e. The van der Waals surface area contributed by atoms with Crippen LogP contribution in [0.1, 0.15) is 31.8 Å². The van der Waals surface area contributed by atoms with Gasteiger partial charge in [0.15, 0.2) is 11.6 Å². The lowest BCUT2D eigenvalue weighted by molar-refractivity contribution is -0.385. The number of Topliss-reactive ketones (excluding diaryl/α,β-unsaturated/α-hetero) is 2. The summed E-state index contributed by atoms with van der Waals surface area (Å²) >= 11 is 3.32. The van der Waals surface area contributed by atoms with E-state index >= 15 is 0 Å². The highest BCUT2D eigenvalue weighted by Crippen LogP contribution is 2.39. The number of halogens is 1. The van der Waals surface area contributed by atoms with E-state index in [-0.39, 0.29) is 39.4 Å². The van der Waals surface area contributed by atoms with Gasteiger partial charge in [-0.2, -0.15) is 0 Å². The molecule has 0 saturated carbocycles. The molecule has 32 heavy (non-hydrogen) atoms. The molecule has 0 radical (unpaired) electrons. The van der Waals surface area contributed by atoms with Crippen molar-refractivity contribution in [1.82, 2.24) is 0 Å². The van der Waals surface area contributed by atoms with Crippen LogP contribution in [0.5, 0.6) is 0 Å². The number of hydrogen-bond acceptors (Lipinski definition) is 6. The number of rotatable bonds is 4. The van der Waals surface area contributed by atoms with Crippen LogP contribution < -0.4 is 0 Å². The van der Waals surface area contributed by atoms with E-state index in [0.717, 1.165) is 0 Å². The number of ketones is 2. The number of nitro benzene ring substituents is 2. The van der Waals surface area contributed by atoms with E-state index in [2.05, 4.69) is 15.9 Å². The number of non-ortho nitro benzene ring substituents is 2. The summed E-state index contributed by atoms with van der Waals surface area (Å²) in [6.07, 6.45) is 0. The lowest BCUT2D eigenvalue weighted by atomic mass is 9.80. The number of nitro groups is 2. The zero-order chi connectivity index (χ0) is 23.0. The predicted molar refractivity (Wildman–Crippen MR) is 120 cm³/mol. The fraction of sp³-hybridized carbons (Fsp3) is 0.0435. The SMILES string of the molecule is O=C1C(=C(c2cccc([N+](=O)[O-])c2)c2cccc([N+](=O)[O-])c2)C(Br)C(=O)c2ccccc21. The van der Waals surface area contributed by atoms with E-state index < -0.39 is 20.5 Å². The Morgan fingerprint density at radius 3 is 1.75 bits per heavy atom. The fourth-order valence-electron chi connectivity index (χ4n) is 3.69. The maximum absolute atomic E-state index is 13.5. The van der Waals surface area contributed by atoms with Gasteiger partial charge in [0, 0.05) is 41.0 Å². The van der Waals surface area contributed by atoms with Crippen LogP contribution in [0.2, 0.25) is 0 Å². The van der Waals surface area contributed by atoms with Gasteiger partial charge in [-0.05, 0) is 16.7 Å². The van der Waals surface area contributed by atoms with Gasteiger partial charge in [-0.25, -0.2) is 0 Å². The zero-order valence-electron chi connectivity index (χ0n) is 16.2. The second kappa shape index (κ2) is 8.27. The lowest BCUT2D eigenvalue weighted by Crippen LogP contribution is -2.31. The van der Waals surface area contributed by atoms with Crippen molar-refractivity contribution < 1.29 is 19.4 Å². The lowest BCUT2D eigenvalue weighted by Gasteiger charge is -2.25. The molecule has 0 bridgehead atoms. The Balaban J connectivity index is 2.07. The van der Waals surface area contributed by atoms with Crippen molar-refractivity contribution in [3.05, 3.63) is 121 Å². The molecule has 9 heteroatoms. The fourth-order valence-corrected chi connectivity index (χ4v) is 4.38. The van der Waals surface area contributed by atoms with Gasteiger partial charge >= 0.3 is 0 Å². The predicted octanol–water partition coefficient (Wildman–Crippen LogP) is 5.15. The number of carbonyl (C=O) groups excluding carboxylic acids is 2. The van der Waals surface area contributed by atoms with Crippen molar-refractivity contribution in [3.8, 4) is 0 Å². The molecular formula is C23H13BrN2O6. The summed E-state index contributed by atoms with van der Waals surface area (Å²) in [5, 5.41) is 22.7. The molecular weight excluding hydrogens is 480 g/mol. The van der Waals surface area contributed by atoms with Gasteiger partial charge in [-0.3, -0.25) is 29.8 Å². The number of alkyl halides is 1. The van der Waals surface area contributed by atoms with Crippen molar-refractivity contribution in [2.24, 2.45) is 0 Å². The van der Waals surface area contributed by atoms with Crippen molar-refractivity contribution in [1.29, 1.82) is 0 Å². The molecule has 0 saturated heterocycles. The summed E-state index contributed by atoms with van der Waals surface area (Å²) in [7, 11) is 0. The van der Waals surface area contributed by atoms with Crippen LogP contribution in [-0.2, 0) is 0 Å². The minimum absolute atomic E-state index is 0.0645. The van der Waals surface area contributed by atoms with Crippen molar-refractivity contribution in [2.45, 2.75) is 4.83 Å². The summed E-state index contributed by atoms with van der Waals surface area (Å²) in [4.78, 5) is 47.0. The van der Waals surface area contributed by atoms with Crippen LogP contribution in [0, 0.1) is 20.2 Å². The Morgan fingerprint density at radius 2 is 1.25 bits per heavy atom.